The van der Waals surface area contributed by atoms with Gasteiger partial charge in [-0.2, -0.15) is 0 Å². The van der Waals surface area contributed by atoms with Crippen molar-refractivity contribution in [1.29, 1.82) is 0 Å². The van der Waals surface area contributed by atoms with Gasteiger partial charge in [0.1, 0.15) is 5.69 Å². The van der Waals surface area contributed by atoms with Crippen molar-refractivity contribution in [3.05, 3.63) is 29.6 Å². The van der Waals surface area contributed by atoms with Crippen molar-refractivity contribution in [1.82, 2.24) is 9.88 Å². The summed E-state index contributed by atoms with van der Waals surface area (Å²) in [7, 11) is 0. The molecular weight excluding hydrogens is 256 g/mol. The van der Waals surface area contributed by atoms with E-state index in [-0.39, 0.29) is 12.5 Å². The molecule has 1 atom stereocenters. The molecule has 2 rings (SSSR count). The fourth-order valence-electron chi connectivity index (χ4n) is 2.78. The van der Waals surface area contributed by atoms with E-state index in [1.807, 2.05) is 19.9 Å². The number of carboxylic acids is 1. The van der Waals surface area contributed by atoms with Crippen molar-refractivity contribution >= 4 is 11.9 Å². The SMILES string of the molecule is CCC1(C(=O)O)CCCN(C(=O)c2ncccc2C)C1. The van der Waals surface area contributed by atoms with Crippen molar-refractivity contribution in [2.75, 3.05) is 13.1 Å². The molecule has 1 amide bonds. The molecule has 1 saturated heterocycles. The highest BCUT2D eigenvalue weighted by Crippen LogP contribution is 2.34. The topological polar surface area (TPSA) is 70.5 Å². The molecule has 1 unspecified atom stereocenters. The minimum atomic E-state index is -0.810. The van der Waals surface area contributed by atoms with E-state index in [1.165, 1.54) is 0 Å². The number of nitrogens with zero attached hydrogens (tertiary/aromatic N) is 2. The maximum Gasteiger partial charge on any atom is 0.311 e. The predicted molar refractivity (Wildman–Crippen MR) is 74.5 cm³/mol. The number of hydrogen-bond donors (Lipinski definition) is 1. The number of aryl methyl sites for hydroxylation is 1. The van der Waals surface area contributed by atoms with Crippen LogP contribution in [-0.2, 0) is 4.79 Å². The Bertz CT molecular complexity index is 530. The van der Waals surface area contributed by atoms with Crippen molar-refractivity contribution in [3.8, 4) is 0 Å². The van der Waals surface area contributed by atoms with Crippen LogP contribution in [0.4, 0.5) is 0 Å². The molecule has 1 aromatic heterocycles. The molecule has 108 valence electrons. The number of aliphatic carboxylic acids is 1. The second-order valence-corrected chi connectivity index (χ2v) is 5.44. The fourth-order valence-corrected chi connectivity index (χ4v) is 2.78. The number of pyridine rings is 1. The fraction of sp³-hybridized carbons (Fsp3) is 0.533. The molecule has 5 heteroatoms. The van der Waals surface area contributed by atoms with Crippen molar-refractivity contribution < 1.29 is 14.7 Å². The van der Waals surface area contributed by atoms with Gasteiger partial charge >= 0.3 is 5.97 Å². The molecule has 1 fully saturated rings. The first kappa shape index (κ1) is 14.5. The third-order valence-electron chi connectivity index (χ3n) is 4.21. The number of likely N-dealkylation sites (tertiary alicyclic amines) is 1. The van der Waals surface area contributed by atoms with E-state index in [2.05, 4.69) is 4.98 Å². The highest BCUT2D eigenvalue weighted by molar-refractivity contribution is 5.94. The summed E-state index contributed by atoms with van der Waals surface area (Å²) >= 11 is 0. The van der Waals surface area contributed by atoms with Gasteiger partial charge in [-0.05, 0) is 37.8 Å². The van der Waals surface area contributed by atoms with Gasteiger partial charge in [-0.3, -0.25) is 14.6 Å². The van der Waals surface area contributed by atoms with Gasteiger partial charge in [0.15, 0.2) is 0 Å². The van der Waals surface area contributed by atoms with Gasteiger partial charge in [-0.15, -0.1) is 0 Å². The molecule has 0 spiro atoms. The predicted octanol–water partition coefficient (Wildman–Crippen LogP) is 2.11. The van der Waals surface area contributed by atoms with E-state index in [9.17, 15) is 14.7 Å². The number of rotatable bonds is 3. The van der Waals surface area contributed by atoms with Crippen LogP contribution < -0.4 is 0 Å². The number of aromatic nitrogens is 1. The average molecular weight is 276 g/mol. The molecule has 1 aromatic rings. The highest BCUT2D eigenvalue weighted by atomic mass is 16.4. The molecule has 1 N–H and O–H groups in total. The molecule has 0 radical (unpaired) electrons. The first-order chi connectivity index (χ1) is 9.50. The van der Waals surface area contributed by atoms with Crippen molar-refractivity contribution in [2.24, 2.45) is 5.41 Å². The lowest BCUT2D eigenvalue weighted by molar-refractivity contribution is -0.152. The maximum atomic E-state index is 12.5. The lowest BCUT2D eigenvalue weighted by Crippen LogP contribution is -2.49. The number of amides is 1. The summed E-state index contributed by atoms with van der Waals surface area (Å²) in [5.74, 6) is -0.975. The van der Waals surface area contributed by atoms with Crippen LogP contribution in [0, 0.1) is 12.3 Å². The van der Waals surface area contributed by atoms with Crippen molar-refractivity contribution in [3.63, 3.8) is 0 Å². The van der Waals surface area contributed by atoms with Crippen LogP contribution in [0.3, 0.4) is 0 Å². The Morgan fingerprint density at radius 1 is 1.50 bits per heavy atom. The Balaban J connectivity index is 2.23. The Morgan fingerprint density at radius 2 is 2.25 bits per heavy atom. The molecule has 1 aliphatic rings. The largest absolute Gasteiger partial charge is 0.481 e. The Hall–Kier alpha value is -1.91. The lowest BCUT2D eigenvalue weighted by atomic mass is 9.77. The van der Waals surface area contributed by atoms with Gasteiger partial charge in [-0.1, -0.05) is 13.0 Å². The molecule has 0 bridgehead atoms. The van der Waals surface area contributed by atoms with Gasteiger partial charge in [0.25, 0.3) is 5.91 Å². The molecule has 5 nitrogen and oxygen atoms in total. The number of carbonyl (C=O) groups excluding carboxylic acids is 1. The number of hydrogen-bond acceptors (Lipinski definition) is 3. The van der Waals surface area contributed by atoms with Gasteiger partial charge in [0, 0.05) is 19.3 Å². The van der Waals surface area contributed by atoms with E-state index in [0.29, 0.717) is 25.1 Å². The second kappa shape index (κ2) is 5.61. The van der Waals surface area contributed by atoms with Gasteiger partial charge in [0.05, 0.1) is 5.41 Å². The quantitative estimate of drug-likeness (QED) is 0.918. The summed E-state index contributed by atoms with van der Waals surface area (Å²) in [6.07, 6.45) is 3.48. The smallest absolute Gasteiger partial charge is 0.311 e. The van der Waals surface area contributed by atoms with Crippen LogP contribution in [0.25, 0.3) is 0 Å². The molecule has 1 aliphatic heterocycles. The standard InChI is InChI=1S/C15H20N2O3/c1-3-15(14(19)20)7-5-9-17(10-15)13(18)12-11(2)6-4-8-16-12/h4,6,8H,3,5,7,9-10H2,1-2H3,(H,19,20). The van der Waals surface area contributed by atoms with Crippen LogP contribution in [0.5, 0.6) is 0 Å². The molecule has 20 heavy (non-hydrogen) atoms. The molecule has 0 aliphatic carbocycles. The monoisotopic (exact) mass is 276 g/mol. The Morgan fingerprint density at radius 3 is 2.85 bits per heavy atom. The molecule has 0 aromatic carbocycles. The zero-order valence-corrected chi connectivity index (χ0v) is 11.9. The zero-order chi connectivity index (χ0) is 14.8. The number of carboxylic acid groups (broad SMARTS) is 1. The lowest BCUT2D eigenvalue weighted by Gasteiger charge is -2.39. The van der Waals surface area contributed by atoms with Crippen LogP contribution in [0.2, 0.25) is 0 Å². The van der Waals surface area contributed by atoms with E-state index in [4.69, 9.17) is 0 Å². The number of piperidine rings is 1. The second-order valence-electron chi connectivity index (χ2n) is 5.44. The maximum absolute atomic E-state index is 12.5. The summed E-state index contributed by atoms with van der Waals surface area (Å²) in [4.78, 5) is 29.8. The molecular formula is C15H20N2O3. The third kappa shape index (κ3) is 2.53. The third-order valence-corrected chi connectivity index (χ3v) is 4.21. The minimum absolute atomic E-state index is 0.165. The van der Waals surface area contributed by atoms with Crippen LogP contribution in [0.1, 0.15) is 42.2 Å². The molecule has 2 heterocycles. The summed E-state index contributed by atoms with van der Waals surface area (Å²) in [6.45, 7) is 4.58. The van der Waals surface area contributed by atoms with Gasteiger partial charge < -0.3 is 10.0 Å². The minimum Gasteiger partial charge on any atom is -0.481 e. The Labute approximate surface area is 118 Å². The van der Waals surface area contributed by atoms with E-state index in [0.717, 1.165) is 12.0 Å². The summed E-state index contributed by atoms with van der Waals surface area (Å²) in [5, 5.41) is 9.46. The van der Waals surface area contributed by atoms with E-state index in [1.54, 1.807) is 17.2 Å². The van der Waals surface area contributed by atoms with Crippen LogP contribution in [0.15, 0.2) is 18.3 Å². The first-order valence-corrected chi connectivity index (χ1v) is 6.94. The normalized spacial score (nSPS) is 22.6. The van der Waals surface area contributed by atoms with E-state index < -0.39 is 11.4 Å². The van der Waals surface area contributed by atoms with Crippen LogP contribution >= 0.6 is 0 Å². The summed E-state index contributed by atoms with van der Waals surface area (Å²) in [6, 6.07) is 3.63. The number of carbonyl (C=O) groups is 2. The zero-order valence-electron chi connectivity index (χ0n) is 11.9. The summed E-state index contributed by atoms with van der Waals surface area (Å²) < 4.78 is 0. The molecule has 0 saturated carbocycles. The van der Waals surface area contributed by atoms with E-state index >= 15 is 0 Å². The summed E-state index contributed by atoms with van der Waals surface area (Å²) in [5.41, 5.74) is 0.432. The highest BCUT2D eigenvalue weighted by Gasteiger charge is 2.42. The van der Waals surface area contributed by atoms with Crippen LogP contribution in [-0.4, -0.2) is 40.0 Å². The first-order valence-electron chi connectivity index (χ1n) is 6.94. The van der Waals surface area contributed by atoms with Gasteiger partial charge in [-0.25, -0.2) is 0 Å². The van der Waals surface area contributed by atoms with Gasteiger partial charge in [0.2, 0.25) is 0 Å². The average Bonchev–Trinajstić information content (AvgIpc) is 2.47. The van der Waals surface area contributed by atoms with Crippen molar-refractivity contribution in [2.45, 2.75) is 33.1 Å². The Kier molecular flexibility index (Phi) is 4.06.